The Hall–Kier alpha value is -1.05. The van der Waals surface area contributed by atoms with Crippen LogP contribution < -0.4 is 5.32 Å². The standard InChI is InChI=1S/C12H20N2/c1-5-9(2)10(3)14-12-7-6-8-13-11(12)4/h6-10,14H,5H2,1-4H3/t9-,10-/m1/s1. The fourth-order valence-corrected chi connectivity index (χ4v) is 1.38. The molecule has 78 valence electrons. The van der Waals surface area contributed by atoms with Gasteiger partial charge in [0.1, 0.15) is 0 Å². The molecule has 0 fully saturated rings. The van der Waals surface area contributed by atoms with Crippen molar-refractivity contribution in [3.05, 3.63) is 24.0 Å². The first-order chi connectivity index (χ1) is 6.65. The lowest BCUT2D eigenvalue weighted by molar-refractivity contribution is 0.494. The second-order valence-electron chi connectivity index (χ2n) is 3.95. The number of hydrogen-bond acceptors (Lipinski definition) is 2. The van der Waals surface area contributed by atoms with Crippen LogP contribution in [0.2, 0.25) is 0 Å². The van der Waals surface area contributed by atoms with E-state index in [0.29, 0.717) is 12.0 Å². The maximum Gasteiger partial charge on any atom is 0.0603 e. The summed E-state index contributed by atoms with van der Waals surface area (Å²) in [4.78, 5) is 4.25. The first kappa shape index (κ1) is 11.0. The fraction of sp³-hybridized carbons (Fsp3) is 0.583. The van der Waals surface area contributed by atoms with Crippen LogP contribution in [0.3, 0.4) is 0 Å². The minimum Gasteiger partial charge on any atom is -0.381 e. The summed E-state index contributed by atoms with van der Waals surface area (Å²) >= 11 is 0. The second-order valence-corrected chi connectivity index (χ2v) is 3.95. The number of nitrogens with one attached hydrogen (secondary N) is 1. The van der Waals surface area contributed by atoms with Crippen LogP contribution in [0.1, 0.15) is 32.9 Å². The Kier molecular flexibility index (Phi) is 3.93. The molecule has 0 saturated carbocycles. The molecule has 1 heterocycles. The van der Waals surface area contributed by atoms with E-state index in [1.807, 2.05) is 19.2 Å². The molecule has 0 amide bonds. The highest BCUT2D eigenvalue weighted by Gasteiger charge is 2.10. The van der Waals surface area contributed by atoms with Crippen molar-refractivity contribution in [3.8, 4) is 0 Å². The zero-order chi connectivity index (χ0) is 10.6. The van der Waals surface area contributed by atoms with Gasteiger partial charge in [-0.05, 0) is 31.9 Å². The number of aryl methyl sites for hydroxylation is 1. The minimum absolute atomic E-state index is 0.503. The summed E-state index contributed by atoms with van der Waals surface area (Å²) in [5.41, 5.74) is 2.22. The molecule has 1 N–H and O–H groups in total. The van der Waals surface area contributed by atoms with E-state index < -0.39 is 0 Å². The Balaban J connectivity index is 2.64. The zero-order valence-corrected chi connectivity index (χ0v) is 9.54. The second kappa shape index (κ2) is 4.99. The molecule has 2 atom stereocenters. The predicted octanol–water partition coefficient (Wildman–Crippen LogP) is 3.24. The third-order valence-corrected chi connectivity index (χ3v) is 2.89. The lowest BCUT2D eigenvalue weighted by atomic mass is 10.0. The van der Waals surface area contributed by atoms with Crippen molar-refractivity contribution in [3.63, 3.8) is 0 Å². The summed E-state index contributed by atoms with van der Waals surface area (Å²) in [5, 5.41) is 3.50. The molecule has 0 spiro atoms. The third-order valence-electron chi connectivity index (χ3n) is 2.89. The number of nitrogens with zero attached hydrogens (tertiary/aromatic N) is 1. The van der Waals surface area contributed by atoms with Gasteiger partial charge in [-0.2, -0.15) is 0 Å². The Morgan fingerprint density at radius 1 is 1.43 bits per heavy atom. The summed E-state index contributed by atoms with van der Waals surface area (Å²) in [6.45, 7) is 8.74. The maximum atomic E-state index is 4.25. The van der Waals surface area contributed by atoms with Crippen molar-refractivity contribution in [2.45, 2.75) is 40.2 Å². The molecule has 0 radical (unpaired) electrons. The van der Waals surface area contributed by atoms with Gasteiger partial charge in [0.05, 0.1) is 11.4 Å². The van der Waals surface area contributed by atoms with Gasteiger partial charge in [-0.3, -0.25) is 4.98 Å². The van der Waals surface area contributed by atoms with E-state index in [9.17, 15) is 0 Å². The van der Waals surface area contributed by atoms with Crippen molar-refractivity contribution >= 4 is 5.69 Å². The molecule has 1 aromatic heterocycles. The summed E-state index contributed by atoms with van der Waals surface area (Å²) < 4.78 is 0. The Bertz CT molecular complexity index is 283. The van der Waals surface area contributed by atoms with Crippen molar-refractivity contribution in [2.24, 2.45) is 5.92 Å². The topological polar surface area (TPSA) is 24.9 Å². The molecule has 0 aromatic carbocycles. The quantitative estimate of drug-likeness (QED) is 0.792. The van der Waals surface area contributed by atoms with Crippen molar-refractivity contribution in [1.82, 2.24) is 4.98 Å². The Labute approximate surface area is 86.8 Å². The van der Waals surface area contributed by atoms with Gasteiger partial charge in [0.25, 0.3) is 0 Å². The Morgan fingerprint density at radius 3 is 2.71 bits per heavy atom. The molecule has 0 aliphatic carbocycles. The number of anilines is 1. The van der Waals surface area contributed by atoms with E-state index in [2.05, 4.69) is 37.1 Å². The van der Waals surface area contributed by atoms with Gasteiger partial charge < -0.3 is 5.32 Å². The van der Waals surface area contributed by atoms with Gasteiger partial charge in [-0.15, -0.1) is 0 Å². The van der Waals surface area contributed by atoms with Gasteiger partial charge in [-0.25, -0.2) is 0 Å². The average Bonchev–Trinajstić information content (AvgIpc) is 2.20. The van der Waals surface area contributed by atoms with E-state index >= 15 is 0 Å². The highest BCUT2D eigenvalue weighted by molar-refractivity contribution is 5.47. The highest BCUT2D eigenvalue weighted by Crippen LogP contribution is 2.16. The summed E-state index contributed by atoms with van der Waals surface area (Å²) in [5.74, 6) is 0.689. The molecule has 0 aliphatic rings. The number of aromatic nitrogens is 1. The van der Waals surface area contributed by atoms with E-state index in [0.717, 1.165) is 11.4 Å². The van der Waals surface area contributed by atoms with Crippen molar-refractivity contribution < 1.29 is 0 Å². The predicted molar refractivity (Wildman–Crippen MR) is 61.5 cm³/mol. The van der Waals surface area contributed by atoms with Gasteiger partial charge in [0, 0.05) is 12.2 Å². The van der Waals surface area contributed by atoms with Crippen LogP contribution in [-0.2, 0) is 0 Å². The lowest BCUT2D eigenvalue weighted by Gasteiger charge is -2.21. The lowest BCUT2D eigenvalue weighted by Crippen LogP contribution is -2.23. The van der Waals surface area contributed by atoms with Crippen LogP contribution in [-0.4, -0.2) is 11.0 Å². The van der Waals surface area contributed by atoms with E-state index in [1.165, 1.54) is 6.42 Å². The first-order valence-electron chi connectivity index (χ1n) is 5.33. The van der Waals surface area contributed by atoms with Crippen LogP contribution >= 0.6 is 0 Å². The fourth-order valence-electron chi connectivity index (χ4n) is 1.38. The van der Waals surface area contributed by atoms with Crippen LogP contribution in [0, 0.1) is 12.8 Å². The summed E-state index contributed by atoms with van der Waals surface area (Å²) in [7, 11) is 0. The molecule has 14 heavy (non-hydrogen) atoms. The first-order valence-corrected chi connectivity index (χ1v) is 5.33. The molecule has 0 aliphatic heterocycles. The molecule has 0 unspecified atom stereocenters. The van der Waals surface area contributed by atoms with Gasteiger partial charge >= 0.3 is 0 Å². The van der Waals surface area contributed by atoms with Crippen LogP contribution in [0.25, 0.3) is 0 Å². The summed E-state index contributed by atoms with van der Waals surface area (Å²) in [6, 6.07) is 4.56. The van der Waals surface area contributed by atoms with E-state index in [4.69, 9.17) is 0 Å². The van der Waals surface area contributed by atoms with E-state index in [-0.39, 0.29) is 0 Å². The van der Waals surface area contributed by atoms with Gasteiger partial charge in [0.2, 0.25) is 0 Å². The summed E-state index contributed by atoms with van der Waals surface area (Å²) in [6.07, 6.45) is 3.03. The van der Waals surface area contributed by atoms with Crippen LogP contribution in [0.4, 0.5) is 5.69 Å². The van der Waals surface area contributed by atoms with Crippen molar-refractivity contribution in [2.75, 3.05) is 5.32 Å². The molecule has 1 aromatic rings. The third kappa shape index (κ3) is 2.72. The molecule has 1 rings (SSSR count). The van der Waals surface area contributed by atoms with Gasteiger partial charge in [0.15, 0.2) is 0 Å². The molecule has 2 heteroatoms. The average molecular weight is 192 g/mol. The van der Waals surface area contributed by atoms with E-state index in [1.54, 1.807) is 0 Å². The maximum absolute atomic E-state index is 4.25. The van der Waals surface area contributed by atoms with Crippen LogP contribution in [0.15, 0.2) is 18.3 Å². The highest BCUT2D eigenvalue weighted by atomic mass is 14.9. The minimum atomic E-state index is 0.503. The number of hydrogen-bond donors (Lipinski definition) is 1. The monoisotopic (exact) mass is 192 g/mol. The molecular weight excluding hydrogens is 172 g/mol. The van der Waals surface area contributed by atoms with Gasteiger partial charge in [-0.1, -0.05) is 20.3 Å². The van der Waals surface area contributed by atoms with Crippen LogP contribution in [0.5, 0.6) is 0 Å². The molecule has 2 nitrogen and oxygen atoms in total. The molecule has 0 saturated heterocycles. The SMILES string of the molecule is CC[C@@H](C)[C@@H](C)Nc1cccnc1C. The smallest absolute Gasteiger partial charge is 0.0603 e. The molecule has 0 bridgehead atoms. The number of pyridine rings is 1. The van der Waals surface area contributed by atoms with Crippen molar-refractivity contribution in [1.29, 1.82) is 0 Å². The molecular formula is C12H20N2. The largest absolute Gasteiger partial charge is 0.381 e. The zero-order valence-electron chi connectivity index (χ0n) is 9.54. The number of rotatable bonds is 4. The Morgan fingerprint density at radius 2 is 2.14 bits per heavy atom. The normalized spacial score (nSPS) is 14.9.